The van der Waals surface area contributed by atoms with E-state index in [0.29, 0.717) is 43.6 Å². The van der Waals surface area contributed by atoms with Crippen molar-refractivity contribution in [2.75, 3.05) is 6.61 Å². The Hall–Kier alpha value is -3.23. The van der Waals surface area contributed by atoms with E-state index in [4.69, 9.17) is 16.3 Å². The molecule has 0 fully saturated rings. The Bertz CT molecular complexity index is 1570. The molecule has 0 saturated carbocycles. The first-order valence-electron chi connectivity index (χ1n) is 10.1. The Labute approximate surface area is 196 Å². The van der Waals surface area contributed by atoms with E-state index in [2.05, 4.69) is 11.1 Å². The summed E-state index contributed by atoms with van der Waals surface area (Å²) < 4.78 is 10.5. The SMILES string of the molecule is Cn1c(=O)c2c(-c3cccc(C#N)c3)n3c(c2n(C)c1=O)[C@H](c1nc(Cl)cs1)O[C@@H](CO)C3. The molecular weight excluding hydrogens is 466 g/mol. The first-order chi connectivity index (χ1) is 15.8. The van der Waals surface area contributed by atoms with Gasteiger partial charge >= 0.3 is 5.69 Å². The number of fused-ring (bicyclic) bond motifs is 3. The summed E-state index contributed by atoms with van der Waals surface area (Å²) in [6.45, 7) is -0.00221. The van der Waals surface area contributed by atoms with E-state index in [1.807, 2.05) is 10.6 Å². The zero-order valence-electron chi connectivity index (χ0n) is 17.6. The van der Waals surface area contributed by atoms with Crippen LogP contribution in [0.4, 0.5) is 0 Å². The normalized spacial score (nSPS) is 17.8. The molecule has 2 atom stereocenters. The summed E-state index contributed by atoms with van der Waals surface area (Å²) in [6.07, 6.45) is -1.33. The highest BCUT2D eigenvalue weighted by atomic mass is 35.5. The fraction of sp³-hybridized carbons (Fsp3) is 0.273. The average Bonchev–Trinajstić information content (AvgIpc) is 3.42. The molecule has 9 nitrogen and oxygen atoms in total. The molecule has 1 aliphatic heterocycles. The first kappa shape index (κ1) is 21.6. The molecule has 4 heterocycles. The van der Waals surface area contributed by atoms with Gasteiger partial charge in [-0.15, -0.1) is 11.3 Å². The van der Waals surface area contributed by atoms with Crippen LogP contribution in [0.15, 0.2) is 39.2 Å². The van der Waals surface area contributed by atoms with Crippen LogP contribution in [0.3, 0.4) is 0 Å². The van der Waals surface area contributed by atoms with Crippen LogP contribution in [0.5, 0.6) is 0 Å². The second kappa shape index (κ2) is 7.97. The molecule has 0 aliphatic carbocycles. The van der Waals surface area contributed by atoms with Gasteiger partial charge in [-0.2, -0.15) is 5.26 Å². The van der Waals surface area contributed by atoms with E-state index in [1.165, 1.54) is 23.0 Å². The highest BCUT2D eigenvalue weighted by Crippen LogP contribution is 2.43. The molecule has 1 aliphatic rings. The van der Waals surface area contributed by atoms with Crippen molar-refractivity contribution in [3.8, 4) is 17.3 Å². The third-order valence-electron chi connectivity index (χ3n) is 5.85. The summed E-state index contributed by atoms with van der Waals surface area (Å²) in [5.74, 6) is 0. The van der Waals surface area contributed by atoms with Crippen molar-refractivity contribution in [1.82, 2.24) is 18.7 Å². The number of hydrogen-bond donors (Lipinski definition) is 1. The van der Waals surface area contributed by atoms with Gasteiger partial charge in [-0.25, -0.2) is 9.78 Å². The Morgan fingerprint density at radius 3 is 2.79 bits per heavy atom. The Morgan fingerprint density at radius 1 is 1.33 bits per heavy atom. The van der Waals surface area contributed by atoms with Crippen molar-refractivity contribution in [3.63, 3.8) is 0 Å². The Kier molecular flexibility index (Phi) is 5.22. The molecule has 168 valence electrons. The predicted octanol–water partition coefficient (Wildman–Crippen LogP) is 2.17. The van der Waals surface area contributed by atoms with E-state index in [9.17, 15) is 20.0 Å². The number of aliphatic hydroxyl groups excluding tert-OH is 1. The molecule has 33 heavy (non-hydrogen) atoms. The van der Waals surface area contributed by atoms with Gasteiger partial charge in [0.2, 0.25) is 0 Å². The van der Waals surface area contributed by atoms with Gasteiger partial charge in [0.25, 0.3) is 5.56 Å². The molecule has 3 aromatic heterocycles. The minimum Gasteiger partial charge on any atom is -0.394 e. The number of aromatic nitrogens is 4. The van der Waals surface area contributed by atoms with Crippen molar-refractivity contribution in [2.24, 2.45) is 14.1 Å². The van der Waals surface area contributed by atoms with Crippen LogP contribution in [0, 0.1) is 11.3 Å². The van der Waals surface area contributed by atoms with Crippen molar-refractivity contribution in [1.29, 1.82) is 5.26 Å². The van der Waals surface area contributed by atoms with E-state index in [1.54, 1.807) is 30.6 Å². The molecule has 1 aromatic carbocycles. The maximum Gasteiger partial charge on any atom is 0.331 e. The summed E-state index contributed by atoms with van der Waals surface area (Å²) in [5, 5.41) is 22.2. The van der Waals surface area contributed by atoms with Crippen LogP contribution in [0.1, 0.15) is 22.4 Å². The summed E-state index contributed by atoms with van der Waals surface area (Å²) in [4.78, 5) is 30.6. The maximum absolute atomic E-state index is 13.4. The van der Waals surface area contributed by atoms with E-state index in [-0.39, 0.29) is 13.2 Å². The molecule has 0 saturated heterocycles. The lowest BCUT2D eigenvalue weighted by Gasteiger charge is -2.31. The molecule has 1 N–H and O–H groups in total. The van der Waals surface area contributed by atoms with Crippen molar-refractivity contribution < 1.29 is 9.84 Å². The molecule has 11 heteroatoms. The number of aryl methyl sites for hydroxylation is 1. The van der Waals surface area contributed by atoms with Gasteiger partial charge in [-0.1, -0.05) is 23.7 Å². The van der Waals surface area contributed by atoms with E-state index < -0.39 is 23.5 Å². The molecule has 0 unspecified atom stereocenters. The van der Waals surface area contributed by atoms with E-state index >= 15 is 0 Å². The summed E-state index contributed by atoms with van der Waals surface area (Å²) in [5.41, 5.74) is 1.72. The molecular formula is C22H18ClN5O4S. The largest absolute Gasteiger partial charge is 0.394 e. The number of aliphatic hydroxyl groups is 1. The fourth-order valence-corrected chi connectivity index (χ4v) is 5.39. The number of nitriles is 1. The number of rotatable bonds is 3. The van der Waals surface area contributed by atoms with Gasteiger partial charge in [0, 0.05) is 25.0 Å². The summed E-state index contributed by atoms with van der Waals surface area (Å²) >= 11 is 7.37. The van der Waals surface area contributed by atoms with Crippen LogP contribution in [0.25, 0.3) is 22.2 Å². The predicted molar refractivity (Wildman–Crippen MR) is 123 cm³/mol. The highest BCUT2D eigenvalue weighted by Gasteiger charge is 2.37. The van der Waals surface area contributed by atoms with Crippen molar-refractivity contribution in [2.45, 2.75) is 18.8 Å². The topological polar surface area (TPSA) is 115 Å². The number of nitrogens with zero attached hydrogens (tertiary/aromatic N) is 5. The smallest absolute Gasteiger partial charge is 0.331 e. The van der Waals surface area contributed by atoms with Gasteiger partial charge < -0.3 is 14.4 Å². The van der Waals surface area contributed by atoms with E-state index in [0.717, 1.165) is 4.57 Å². The zero-order valence-corrected chi connectivity index (χ0v) is 19.2. The minimum atomic E-state index is -0.749. The second-order valence-corrected chi connectivity index (χ2v) is 9.07. The number of hydrogen-bond acceptors (Lipinski definition) is 7. The third-order valence-corrected chi connectivity index (χ3v) is 7.07. The third kappa shape index (κ3) is 3.24. The summed E-state index contributed by atoms with van der Waals surface area (Å²) in [6, 6.07) is 9.06. The number of benzene rings is 1. The van der Waals surface area contributed by atoms with Crippen LogP contribution < -0.4 is 11.2 Å². The lowest BCUT2D eigenvalue weighted by Crippen LogP contribution is -2.37. The maximum atomic E-state index is 13.4. The molecule has 4 aromatic rings. The number of ether oxygens (including phenoxy) is 1. The van der Waals surface area contributed by atoms with Gasteiger partial charge in [-0.3, -0.25) is 13.9 Å². The number of thiazole rings is 1. The standard InChI is InChI=1S/C22H18ClN5O4S/c1-26-17-15(21(30)27(2)22(26)31)16(12-5-3-4-11(6-12)7-24)28-8-13(9-29)32-19(18(17)28)20-25-14(23)10-33-20/h3-6,10,13,19,29H,8-9H2,1-2H3/t13-,19-/m1/s1. The van der Waals surface area contributed by atoms with Gasteiger partial charge in [0.05, 0.1) is 53.2 Å². The molecule has 0 spiro atoms. The first-order valence-corrected chi connectivity index (χ1v) is 11.3. The number of halogens is 1. The molecule has 0 radical (unpaired) electrons. The lowest BCUT2D eigenvalue weighted by molar-refractivity contribution is -0.0517. The lowest BCUT2D eigenvalue weighted by atomic mass is 10.1. The summed E-state index contributed by atoms with van der Waals surface area (Å²) in [7, 11) is 3.03. The van der Waals surface area contributed by atoms with Crippen LogP contribution in [-0.2, 0) is 25.4 Å². The fourth-order valence-electron chi connectivity index (χ4n) is 4.40. The molecule has 0 amide bonds. The monoisotopic (exact) mass is 483 g/mol. The highest BCUT2D eigenvalue weighted by molar-refractivity contribution is 7.10. The molecule has 0 bridgehead atoms. The van der Waals surface area contributed by atoms with Crippen molar-refractivity contribution >= 4 is 33.8 Å². The minimum absolute atomic E-state index is 0.250. The zero-order chi connectivity index (χ0) is 23.4. The van der Waals surface area contributed by atoms with Crippen LogP contribution >= 0.6 is 22.9 Å². The van der Waals surface area contributed by atoms with Crippen LogP contribution in [-0.4, -0.2) is 36.5 Å². The second-order valence-electron chi connectivity index (χ2n) is 7.80. The van der Waals surface area contributed by atoms with Crippen molar-refractivity contribution in [3.05, 3.63) is 71.9 Å². The van der Waals surface area contributed by atoms with Gasteiger partial charge in [0.15, 0.2) is 6.10 Å². The quantitative estimate of drug-likeness (QED) is 0.477. The molecule has 5 rings (SSSR count). The van der Waals surface area contributed by atoms with Gasteiger partial charge in [0.1, 0.15) is 10.2 Å². The van der Waals surface area contributed by atoms with Gasteiger partial charge in [-0.05, 0) is 12.1 Å². The van der Waals surface area contributed by atoms with Crippen LogP contribution in [0.2, 0.25) is 5.15 Å². The Morgan fingerprint density at radius 2 is 2.12 bits per heavy atom. The average molecular weight is 484 g/mol. The Balaban J connectivity index is 1.97.